The Labute approximate surface area is 156 Å². The zero-order chi connectivity index (χ0) is 16.6. The van der Waals surface area contributed by atoms with E-state index in [9.17, 15) is 0 Å². The van der Waals surface area contributed by atoms with Crippen LogP contribution in [-0.2, 0) is 6.54 Å². The Kier molecular flexibility index (Phi) is 4.59. The number of halogens is 2. The second-order valence-corrected chi connectivity index (χ2v) is 8.51. The summed E-state index contributed by atoms with van der Waals surface area (Å²) >= 11 is 5.79. The minimum Gasteiger partial charge on any atom is -0.438 e. The van der Waals surface area contributed by atoms with Crippen molar-refractivity contribution in [3.05, 3.63) is 38.5 Å². The van der Waals surface area contributed by atoms with Crippen LogP contribution in [0, 0.1) is 8.99 Å². The fourth-order valence-electron chi connectivity index (χ4n) is 2.17. The van der Waals surface area contributed by atoms with Crippen molar-refractivity contribution in [3.63, 3.8) is 0 Å². The van der Waals surface area contributed by atoms with Gasteiger partial charge in [0.2, 0.25) is 5.88 Å². The highest BCUT2D eigenvalue weighted by Crippen LogP contribution is 2.34. The lowest BCUT2D eigenvalue weighted by Gasteiger charge is -2.17. The number of rotatable bonds is 3. The Morgan fingerprint density at radius 3 is 2.65 bits per heavy atom. The molecule has 0 bridgehead atoms. The van der Waals surface area contributed by atoms with E-state index in [1.807, 2.05) is 28.9 Å². The number of aromatic nitrogens is 4. The van der Waals surface area contributed by atoms with Crippen LogP contribution in [0.2, 0.25) is 0 Å². The van der Waals surface area contributed by atoms with Crippen LogP contribution in [0.3, 0.4) is 0 Å². The van der Waals surface area contributed by atoms with Gasteiger partial charge in [-0.05, 0) is 62.1 Å². The minimum absolute atomic E-state index is 0.132. The van der Waals surface area contributed by atoms with Gasteiger partial charge in [0, 0.05) is 22.4 Å². The van der Waals surface area contributed by atoms with Gasteiger partial charge in [-0.1, -0.05) is 26.0 Å². The Hall–Kier alpha value is -1.22. The zero-order valence-electron chi connectivity index (χ0n) is 13.0. The molecule has 5 nitrogen and oxygen atoms in total. The lowest BCUT2D eigenvalue weighted by molar-refractivity contribution is 0.327. The molecule has 0 radical (unpaired) electrons. The van der Waals surface area contributed by atoms with Gasteiger partial charge in [0.15, 0.2) is 0 Å². The van der Waals surface area contributed by atoms with Crippen molar-refractivity contribution < 1.29 is 4.74 Å². The Morgan fingerprint density at radius 1 is 1.22 bits per heavy atom. The summed E-state index contributed by atoms with van der Waals surface area (Å²) in [6.45, 7) is 7.33. The maximum Gasteiger partial charge on any atom is 0.219 e. The SMILES string of the molecule is CC(C)(C)Cn1nnc2c(Br)c(Oc3ccc(I)cn3)ccc21. The first-order valence-electron chi connectivity index (χ1n) is 7.15. The summed E-state index contributed by atoms with van der Waals surface area (Å²) in [5, 5.41) is 8.55. The molecule has 0 aliphatic rings. The molecule has 23 heavy (non-hydrogen) atoms. The summed E-state index contributed by atoms with van der Waals surface area (Å²) in [5.74, 6) is 1.22. The molecule has 0 N–H and O–H groups in total. The molecule has 120 valence electrons. The highest BCUT2D eigenvalue weighted by molar-refractivity contribution is 14.1. The monoisotopic (exact) mass is 486 g/mol. The largest absolute Gasteiger partial charge is 0.438 e. The van der Waals surface area contributed by atoms with Gasteiger partial charge in [-0.25, -0.2) is 9.67 Å². The second-order valence-electron chi connectivity index (χ2n) is 6.47. The average molecular weight is 487 g/mol. The fraction of sp³-hybridized carbons (Fsp3) is 0.312. The third-order valence-corrected chi connectivity index (χ3v) is 4.53. The van der Waals surface area contributed by atoms with E-state index >= 15 is 0 Å². The first-order chi connectivity index (χ1) is 10.8. The molecule has 0 saturated heterocycles. The maximum atomic E-state index is 5.84. The van der Waals surface area contributed by atoms with Crippen LogP contribution >= 0.6 is 38.5 Å². The van der Waals surface area contributed by atoms with Gasteiger partial charge in [0.1, 0.15) is 11.3 Å². The van der Waals surface area contributed by atoms with E-state index in [0.717, 1.165) is 25.6 Å². The van der Waals surface area contributed by atoms with Crippen molar-refractivity contribution in [2.45, 2.75) is 27.3 Å². The number of fused-ring (bicyclic) bond motifs is 1. The predicted octanol–water partition coefficient (Wildman–Crippen LogP) is 5.03. The number of hydrogen-bond donors (Lipinski definition) is 0. The van der Waals surface area contributed by atoms with E-state index in [0.29, 0.717) is 11.6 Å². The molecular weight excluding hydrogens is 471 g/mol. The maximum absolute atomic E-state index is 5.84. The molecule has 0 fully saturated rings. The Bertz CT molecular complexity index is 840. The molecule has 7 heteroatoms. The lowest BCUT2D eigenvalue weighted by atomic mass is 9.97. The van der Waals surface area contributed by atoms with Crippen LogP contribution in [0.1, 0.15) is 20.8 Å². The standard InChI is InChI=1S/C16H16BrIN4O/c1-16(2,3)9-22-11-5-6-12(14(17)15(11)20-21-22)23-13-7-4-10(18)8-19-13/h4-8H,9H2,1-3H3. The van der Waals surface area contributed by atoms with Crippen LogP contribution in [0.15, 0.2) is 34.9 Å². The highest BCUT2D eigenvalue weighted by Gasteiger charge is 2.17. The van der Waals surface area contributed by atoms with Gasteiger partial charge < -0.3 is 4.74 Å². The van der Waals surface area contributed by atoms with Crippen molar-refractivity contribution in [1.82, 2.24) is 20.0 Å². The number of benzene rings is 1. The van der Waals surface area contributed by atoms with Crippen LogP contribution in [0.5, 0.6) is 11.6 Å². The van der Waals surface area contributed by atoms with Gasteiger partial charge in [-0.15, -0.1) is 5.10 Å². The smallest absolute Gasteiger partial charge is 0.219 e. The summed E-state index contributed by atoms with van der Waals surface area (Å²) in [5.41, 5.74) is 1.90. The summed E-state index contributed by atoms with van der Waals surface area (Å²) in [6.07, 6.45) is 1.77. The van der Waals surface area contributed by atoms with Crippen molar-refractivity contribution in [3.8, 4) is 11.6 Å². The van der Waals surface area contributed by atoms with Crippen LogP contribution in [0.25, 0.3) is 11.0 Å². The number of pyridine rings is 1. The molecular formula is C16H16BrIN4O. The minimum atomic E-state index is 0.132. The molecule has 3 rings (SSSR count). The molecule has 0 amide bonds. The molecule has 0 unspecified atom stereocenters. The first-order valence-corrected chi connectivity index (χ1v) is 9.02. The lowest BCUT2D eigenvalue weighted by Crippen LogP contribution is -2.16. The van der Waals surface area contributed by atoms with Gasteiger partial charge >= 0.3 is 0 Å². The van der Waals surface area contributed by atoms with Crippen molar-refractivity contribution in [2.24, 2.45) is 5.41 Å². The molecule has 0 spiro atoms. The summed E-state index contributed by atoms with van der Waals surface area (Å²) in [4.78, 5) is 4.26. The summed E-state index contributed by atoms with van der Waals surface area (Å²) < 4.78 is 9.62. The molecule has 1 aromatic carbocycles. The first kappa shape index (κ1) is 16.6. The third-order valence-electron chi connectivity index (χ3n) is 3.13. The highest BCUT2D eigenvalue weighted by atomic mass is 127. The van der Waals surface area contributed by atoms with Gasteiger partial charge in [-0.2, -0.15) is 0 Å². The quantitative estimate of drug-likeness (QED) is 0.487. The van der Waals surface area contributed by atoms with Crippen LogP contribution < -0.4 is 4.74 Å². The van der Waals surface area contributed by atoms with E-state index in [1.54, 1.807) is 6.20 Å². The molecule has 0 aliphatic heterocycles. The number of nitrogens with zero attached hydrogens (tertiary/aromatic N) is 4. The fourth-order valence-corrected chi connectivity index (χ4v) is 2.98. The van der Waals surface area contributed by atoms with Crippen molar-refractivity contribution in [2.75, 3.05) is 0 Å². The van der Waals surface area contributed by atoms with Crippen molar-refractivity contribution in [1.29, 1.82) is 0 Å². The number of hydrogen-bond acceptors (Lipinski definition) is 4. The van der Waals surface area contributed by atoms with Gasteiger partial charge in [0.05, 0.1) is 9.99 Å². The van der Waals surface area contributed by atoms with Crippen molar-refractivity contribution >= 4 is 49.6 Å². The van der Waals surface area contributed by atoms with E-state index in [-0.39, 0.29) is 5.41 Å². The number of ether oxygens (including phenoxy) is 1. The Balaban J connectivity index is 1.95. The Morgan fingerprint density at radius 2 is 2.00 bits per heavy atom. The van der Waals surface area contributed by atoms with Crippen LogP contribution in [0.4, 0.5) is 0 Å². The van der Waals surface area contributed by atoms with E-state index < -0.39 is 0 Å². The molecule has 0 atom stereocenters. The molecule has 3 aromatic rings. The topological polar surface area (TPSA) is 52.8 Å². The van der Waals surface area contributed by atoms with E-state index in [4.69, 9.17) is 4.74 Å². The van der Waals surface area contributed by atoms with Crippen LogP contribution in [-0.4, -0.2) is 20.0 Å². The van der Waals surface area contributed by atoms with Gasteiger partial charge in [0.25, 0.3) is 0 Å². The molecule has 0 aliphatic carbocycles. The molecule has 2 heterocycles. The van der Waals surface area contributed by atoms with Gasteiger partial charge in [-0.3, -0.25) is 0 Å². The predicted molar refractivity (Wildman–Crippen MR) is 102 cm³/mol. The molecule has 2 aromatic heterocycles. The average Bonchev–Trinajstić information content (AvgIpc) is 2.86. The molecule has 0 saturated carbocycles. The zero-order valence-corrected chi connectivity index (χ0v) is 16.8. The summed E-state index contributed by atoms with van der Waals surface area (Å²) in [6, 6.07) is 7.69. The third kappa shape index (κ3) is 3.82. The summed E-state index contributed by atoms with van der Waals surface area (Å²) in [7, 11) is 0. The van der Waals surface area contributed by atoms with E-state index in [2.05, 4.69) is 74.6 Å². The van der Waals surface area contributed by atoms with E-state index in [1.165, 1.54) is 0 Å². The normalized spacial score (nSPS) is 11.9. The second kappa shape index (κ2) is 6.35.